The zero-order valence-corrected chi connectivity index (χ0v) is 13.3. The van der Waals surface area contributed by atoms with Gasteiger partial charge in [-0.3, -0.25) is 4.79 Å². The summed E-state index contributed by atoms with van der Waals surface area (Å²) < 4.78 is 5.23. The molecule has 0 atom stereocenters. The Morgan fingerprint density at radius 1 is 1.38 bits per heavy atom. The topological polar surface area (TPSA) is 90.1 Å². The summed E-state index contributed by atoms with van der Waals surface area (Å²) in [5.41, 5.74) is 8.42. The van der Waals surface area contributed by atoms with Crippen LogP contribution in [0.5, 0.6) is 0 Å². The molecule has 0 spiro atoms. The molecule has 2 rings (SSSR count). The lowest BCUT2D eigenvalue weighted by molar-refractivity contribution is 0.0949. The first-order valence-electron chi connectivity index (χ1n) is 6.94. The Labute approximate surface area is 127 Å². The molecule has 0 radical (unpaired) electrons. The van der Waals surface area contributed by atoms with Crippen LogP contribution in [-0.2, 0) is 4.74 Å². The minimum absolute atomic E-state index is 0.163. The average molecular weight is 308 g/mol. The maximum absolute atomic E-state index is 12.2. The van der Waals surface area contributed by atoms with Crippen LogP contribution in [0.2, 0.25) is 0 Å². The smallest absolute Gasteiger partial charge is 0.263 e. The molecule has 21 heavy (non-hydrogen) atoms. The number of aryl methyl sites for hydroxylation is 2. The number of nitrogens with two attached hydrogens (primary N) is 1. The molecule has 0 bridgehead atoms. The number of nitrogen functional groups attached to an aromatic ring is 1. The Hall–Kier alpha value is -1.73. The van der Waals surface area contributed by atoms with Crippen molar-refractivity contribution in [2.24, 2.45) is 0 Å². The van der Waals surface area contributed by atoms with Crippen molar-refractivity contribution in [3.63, 3.8) is 0 Å². The number of carbonyl (C=O) groups excluding carboxylic acids is 1. The first kappa shape index (κ1) is 15.7. The first-order chi connectivity index (χ1) is 10.1. The number of thiophene rings is 1. The highest BCUT2D eigenvalue weighted by atomic mass is 32.1. The van der Waals surface area contributed by atoms with Crippen molar-refractivity contribution in [1.82, 2.24) is 15.5 Å². The summed E-state index contributed by atoms with van der Waals surface area (Å²) in [6.45, 7) is 7.67. The van der Waals surface area contributed by atoms with E-state index in [-0.39, 0.29) is 5.91 Å². The third-order valence-electron chi connectivity index (χ3n) is 3.30. The van der Waals surface area contributed by atoms with Gasteiger partial charge in [0.1, 0.15) is 9.71 Å². The van der Waals surface area contributed by atoms with Crippen molar-refractivity contribution in [3.05, 3.63) is 16.1 Å². The molecule has 2 aromatic heterocycles. The third kappa shape index (κ3) is 3.30. The molecular formula is C14H20N4O2S. The number of rotatable bonds is 6. The lowest BCUT2D eigenvalue weighted by Crippen LogP contribution is -2.25. The molecule has 0 saturated carbocycles. The molecule has 6 nitrogen and oxygen atoms in total. The van der Waals surface area contributed by atoms with Gasteiger partial charge in [0.25, 0.3) is 5.91 Å². The van der Waals surface area contributed by atoms with Gasteiger partial charge >= 0.3 is 0 Å². The zero-order valence-electron chi connectivity index (χ0n) is 12.5. The maximum Gasteiger partial charge on any atom is 0.263 e. The Morgan fingerprint density at radius 2 is 2.14 bits per heavy atom. The highest BCUT2D eigenvalue weighted by Crippen LogP contribution is 2.34. The molecule has 0 aromatic carbocycles. The number of carbonyl (C=O) groups is 1. The van der Waals surface area contributed by atoms with Crippen LogP contribution in [0, 0.1) is 13.8 Å². The van der Waals surface area contributed by atoms with Crippen molar-refractivity contribution >= 4 is 33.1 Å². The van der Waals surface area contributed by atoms with Crippen LogP contribution in [0.25, 0.3) is 10.2 Å². The van der Waals surface area contributed by atoms with Gasteiger partial charge < -0.3 is 15.8 Å². The number of hydrogen-bond acceptors (Lipinski definition) is 6. The predicted octanol–water partition coefficient (Wildman–Crippen LogP) is 2.05. The predicted molar refractivity (Wildman–Crippen MR) is 84.7 cm³/mol. The molecule has 2 aromatic rings. The number of aromatic nitrogens is 2. The van der Waals surface area contributed by atoms with Crippen molar-refractivity contribution < 1.29 is 9.53 Å². The molecule has 0 fully saturated rings. The normalized spacial score (nSPS) is 11.0. The molecule has 0 unspecified atom stereocenters. The quantitative estimate of drug-likeness (QED) is 0.797. The summed E-state index contributed by atoms with van der Waals surface area (Å²) in [6.07, 6.45) is 0.780. The van der Waals surface area contributed by atoms with Crippen LogP contribution in [0.15, 0.2) is 0 Å². The summed E-state index contributed by atoms with van der Waals surface area (Å²) in [6, 6.07) is 0. The molecule has 0 aliphatic heterocycles. The summed E-state index contributed by atoms with van der Waals surface area (Å²) in [7, 11) is 0. The van der Waals surface area contributed by atoms with E-state index in [4.69, 9.17) is 10.5 Å². The number of nitrogens with one attached hydrogen (secondary N) is 1. The molecule has 114 valence electrons. The number of nitrogens with zero attached hydrogens (tertiary/aromatic N) is 2. The minimum atomic E-state index is -0.163. The number of hydrogen-bond donors (Lipinski definition) is 2. The van der Waals surface area contributed by atoms with E-state index in [9.17, 15) is 4.79 Å². The molecule has 1 amide bonds. The highest BCUT2D eigenvalue weighted by molar-refractivity contribution is 7.21. The van der Waals surface area contributed by atoms with Crippen LogP contribution in [0.3, 0.4) is 0 Å². The van der Waals surface area contributed by atoms with Gasteiger partial charge in [0.05, 0.1) is 11.4 Å². The maximum atomic E-state index is 12.2. The number of fused-ring (bicyclic) bond motifs is 1. The van der Waals surface area contributed by atoms with Gasteiger partial charge in [-0.1, -0.05) is 0 Å². The van der Waals surface area contributed by atoms with Crippen LogP contribution in [0.4, 0.5) is 5.69 Å². The summed E-state index contributed by atoms with van der Waals surface area (Å²) >= 11 is 1.28. The molecule has 0 saturated heterocycles. The van der Waals surface area contributed by atoms with Crippen LogP contribution in [0.1, 0.15) is 34.3 Å². The molecule has 0 aliphatic carbocycles. The van der Waals surface area contributed by atoms with Gasteiger partial charge in [-0.2, -0.15) is 5.10 Å². The Bertz CT molecular complexity index is 654. The monoisotopic (exact) mass is 308 g/mol. The molecule has 7 heteroatoms. The van der Waals surface area contributed by atoms with Gasteiger partial charge in [-0.25, -0.2) is 0 Å². The van der Waals surface area contributed by atoms with Gasteiger partial charge in [-0.05, 0) is 32.8 Å². The third-order valence-corrected chi connectivity index (χ3v) is 4.39. The van der Waals surface area contributed by atoms with Crippen molar-refractivity contribution in [1.29, 1.82) is 0 Å². The fourth-order valence-electron chi connectivity index (χ4n) is 2.01. The van der Waals surface area contributed by atoms with Crippen molar-refractivity contribution in [3.8, 4) is 0 Å². The Balaban J connectivity index is 2.13. The van der Waals surface area contributed by atoms with E-state index in [1.54, 1.807) is 0 Å². The van der Waals surface area contributed by atoms with Gasteiger partial charge in [0, 0.05) is 25.1 Å². The summed E-state index contributed by atoms with van der Waals surface area (Å²) in [5, 5.41) is 11.9. The van der Waals surface area contributed by atoms with Crippen molar-refractivity contribution in [2.45, 2.75) is 27.2 Å². The standard InChI is InChI=1S/C14H20N4O2S/c1-4-20-7-5-6-16-13(19)12-11(15)10-8(2)9(3)17-18-14(10)21-12/h4-7,15H2,1-3H3,(H,16,19). The lowest BCUT2D eigenvalue weighted by Gasteiger charge is -2.05. The average Bonchev–Trinajstić information content (AvgIpc) is 2.80. The van der Waals surface area contributed by atoms with Gasteiger partial charge in [0.2, 0.25) is 0 Å². The molecule has 0 aliphatic rings. The molecule has 2 heterocycles. The second kappa shape index (κ2) is 6.82. The van der Waals surface area contributed by atoms with E-state index in [0.717, 1.165) is 23.1 Å². The van der Waals surface area contributed by atoms with E-state index in [1.807, 2.05) is 20.8 Å². The van der Waals surface area contributed by atoms with Crippen LogP contribution in [-0.4, -0.2) is 35.9 Å². The van der Waals surface area contributed by atoms with Gasteiger partial charge in [0.15, 0.2) is 0 Å². The Kier molecular flexibility index (Phi) is 5.08. The second-order valence-corrected chi connectivity index (χ2v) is 5.74. The van der Waals surface area contributed by atoms with Crippen LogP contribution < -0.4 is 11.1 Å². The number of amides is 1. The van der Waals surface area contributed by atoms with E-state index in [2.05, 4.69) is 15.5 Å². The van der Waals surface area contributed by atoms with E-state index in [1.165, 1.54) is 11.3 Å². The molecule has 3 N–H and O–H groups in total. The minimum Gasteiger partial charge on any atom is -0.397 e. The van der Waals surface area contributed by atoms with Crippen LogP contribution >= 0.6 is 11.3 Å². The highest BCUT2D eigenvalue weighted by Gasteiger charge is 2.19. The van der Waals surface area contributed by atoms with E-state index >= 15 is 0 Å². The zero-order chi connectivity index (χ0) is 15.4. The Morgan fingerprint density at radius 3 is 2.86 bits per heavy atom. The largest absolute Gasteiger partial charge is 0.397 e. The van der Waals surface area contributed by atoms with E-state index < -0.39 is 0 Å². The SMILES string of the molecule is CCOCCCNC(=O)c1sc2nnc(C)c(C)c2c1N. The summed E-state index contributed by atoms with van der Waals surface area (Å²) in [4.78, 5) is 13.4. The summed E-state index contributed by atoms with van der Waals surface area (Å²) in [5.74, 6) is -0.163. The number of ether oxygens (including phenoxy) is 1. The fraction of sp³-hybridized carbons (Fsp3) is 0.500. The van der Waals surface area contributed by atoms with Crippen molar-refractivity contribution in [2.75, 3.05) is 25.5 Å². The fourth-order valence-corrected chi connectivity index (χ4v) is 3.03. The number of anilines is 1. The van der Waals surface area contributed by atoms with Gasteiger partial charge in [-0.15, -0.1) is 16.4 Å². The second-order valence-electron chi connectivity index (χ2n) is 4.74. The first-order valence-corrected chi connectivity index (χ1v) is 7.75. The van der Waals surface area contributed by atoms with E-state index in [0.29, 0.717) is 35.2 Å². The molecular weight excluding hydrogens is 288 g/mol. The lowest BCUT2D eigenvalue weighted by atomic mass is 10.1.